The quantitative estimate of drug-likeness (QED) is 0.426. The van der Waals surface area contributed by atoms with Crippen LogP contribution >= 0.6 is 11.6 Å². The van der Waals surface area contributed by atoms with E-state index >= 15 is 0 Å². The summed E-state index contributed by atoms with van der Waals surface area (Å²) in [4.78, 5) is 36.1. The maximum atomic E-state index is 12.4. The fourth-order valence-corrected chi connectivity index (χ4v) is 2.33. The Labute approximate surface area is 146 Å². The van der Waals surface area contributed by atoms with Gasteiger partial charge in [0.2, 0.25) is 5.91 Å². The lowest BCUT2D eigenvalue weighted by atomic mass is 10.1. The lowest BCUT2D eigenvalue weighted by Crippen LogP contribution is -2.60. The largest absolute Gasteiger partial charge is 0.463 e. The number of hydrazine groups is 1. The summed E-state index contributed by atoms with van der Waals surface area (Å²) < 4.78 is 4.97. The Balaban J connectivity index is 2.56. The molecule has 1 rings (SSSR count). The van der Waals surface area contributed by atoms with Gasteiger partial charge >= 0.3 is 5.97 Å². The standard InChI is InChI=1S/C15H26ClN3O5/c1-9(2)12(20)13(21)17-10(3)14(22)19-7-4-5-11(18-19)15(23)24-8-6-16/h9-12,18,20H,4-8H2,1-3H3,(H,17,21). The normalized spacial score (nSPS) is 20.4. The fourth-order valence-electron chi connectivity index (χ4n) is 2.25. The van der Waals surface area contributed by atoms with Crippen molar-refractivity contribution >= 4 is 29.4 Å². The molecule has 24 heavy (non-hydrogen) atoms. The number of carbonyl (C=O) groups excluding carboxylic acids is 3. The van der Waals surface area contributed by atoms with E-state index in [0.29, 0.717) is 19.4 Å². The van der Waals surface area contributed by atoms with Crippen molar-refractivity contribution in [2.75, 3.05) is 19.0 Å². The maximum absolute atomic E-state index is 12.4. The van der Waals surface area contributed by atoms with Gasteiger partial charge in [-0.05, 0) is 25.7 Å². The van der Waals surface area contributed by atoms with Crippen LogP contribution in [0.25, 0.3) is 0 Å². The van der Waals surface area contributed by atoms with Crippen LogP contribution in [0.5, 0.6) is 0 Å². The molecule has 0 aliphatic carbocycles. The van der Waals surface area contributed by atoms with E-state index in [1.165, 1.54) is 11.9 Å². The van der Waals surface area contributed by atoms with Gasteiger partial charge in [0, 0.05) is 6.54 Å². The van der Waals surface area contributed by atoms with E-state index in [-0.39, 0.29) is 24.3 Å². The van der Waals surface area contributed by atoms with Crippen molar-refractivity contribution in [3.63, 3.8) is 0 Å². The van der Waals surface area contributed by atoms with Crippen LogP contribution in [-0.4, -0.2) is 65.1 Å². The van der Waals surface area contributed by atoms with Gasteiger partial charge in [-0.2, -0.15) is 0 Å². The first-order valence-corrected chi connectivity index (χ1v) is 8.60. The zero-order valence-electron chi connectivity index (χ0n) is 14.3. The predicted molar refractivity (Wildman–Crippen MR) is 88.0 cm³/mol. The lowest BCUT2D eigenvalue weighted by molar-refractivity contribution is -0.152. The Hall–Kier alpha value is -1.38. The van der Waals surface area contributed by atoms with E-state index in [2.05, 4.69) is 10.7 Å². The third kappa shape index (κ3) is 5.92. The highest BCUT2D eigenvalue weighted by molar-refractivity contribution is 6.18. The van der Waals surface area contributed by atoms with E-state index in [1.807, 2.05) is 0 Å². The first-order chi connectivity index (χ1) is 11.3. The summed E-state index contributed by atoms with van der Waals surface area (Å²) in [6.07, 6.45) is 0.0136. The summed E-state index contributed by atoms with van der Waals surface area (Å²) in [7, 11) is 0. The molecule has 1 aliphatic rings. The average molecular weight is 364 g/mol. The Bertz CT molecular complexity index is 460. The van der Waals surface area contributed by atoms with Crippen LogP contribution < -0.4 is 10.7 Å². The highest BCUT2D eigenvalue weighted by Gasteiger charge is 2.32. The minimum Gasteiger partial charge on any atom is -0.463 e. The van der Waals surface area contributed by atoms with Gasteiger partial charge in [0.15, 0.2) is 0 Å². The van der Waals surface area contributed by atoms with E-state index in [9.17, 15) is 19.5 Å². The number of amides is 2. The number of nitrogens with one attached hydrogen (secondary N) is 2. The van der Waals surface area contributed by atoms with Crippen molar-refractivity contribution in [3.05, 3.63) is 0 Å². The number of esters is 1. The fraction of sp³-hybridized carbons (Fsp3) is 0.800. The van der Waals surface area contributed by atoms with Crippen LogP contribution in [-0.2, 0) is 19.1 Å². The molecule has 1 fully saturated rings. The number of aliphatic hydroxyl groups excluding tert-OH is 1. The molecule has 3 N–H and O–H groups in total. The second-order valence-corrected chi connectivity index (χ2v) is 6.47. The number of nitrogens with zero attached hydrogens (tertiary/aromatic N) is 1. The Kier molecular flexibility index (Phi) is 8.44. The van der Waals surface area contributed by atoms with Crippen LogP contribution in [0.15, 0.2) is 0 Å². The number of rotatable bonds is 7. The molecular formula is C15H26ClN3O5. The molecular weight excluding hydrogens is 338 g/mol. The lowest BCUT2D eigenvalue weighted by Gasteiger charge is -2.34. The number of hydrogen-bond acceptors (Lipinski definition) is 6. The van der Waals surface area contributed by atoms with E-state index in [1.54, 1.807) is 13.8 Å². The van der Waals surface area contributed by atoms with Gasteiger partial charge in [-0.1, -0.05) is 13.8 Å². The first-order valence-electron chi connectivity index (χ1n) is 8.06. The third-order valence-electron chi connectivity index (χ3n) is 3.69. The SMILES string of the molecule is CC(NC(=O)C(O)C(C)C)C(=O)N1CCCC(C(=O)OCCCl)N1. The monoisotopic (exact) mass is 363 g/mol. The first kappa shape index (κ1) is 20.7. The van der Waals surface area contributed by atoms with Gasteiger partial charge < -0.3 is 15.2 Å². The topological polar surface area (TPSA) is 108 Å². The molecule has 1 saturated heterocycles. The van der Waals surface area contributed by atoms with Gasteiger partial charge in [0.1, 0.15) is 24.8 Å². The summed E-state index contributed by atoms with van der Waals surface area (Å²) >= 11 is 5.48. The van der Waals surface area contributed by atoms with Crippen molar-refractivity contribution in [3.8, 4) is 0 Å². The van der Waals surface area contributed by atoms with Crippen LogP contribution in [0.3, 0.4) is 0 Å². The van der Waals surface area contributed by atoms with Gasteiger partial charge in [-0.15, -0.1) is 11.6 Å². The number of ether oxygens (including phenoxy) is 1. The van der Waals surface area contributed by atoms with Crippen LogP contribution in [0, 0.1) is 5.92 Å². The highest BCUT2D eigenvalue weighted by atomic mass is 35.5. The molecule has 0 aromatic rings. The number of carbonyl (C=O) groups is 3. The second kappa shape index (κ2) is 9.80. The zero-order valence-corrected chi connectivity index (χ0v) is 15.0. The molecule has 3 unspecified atom stereocenters. The van der Waals surface area contributed by atoms with Crippen LogP contribution in [0.2, 0.25) is 0 Å². The molecule has 138 valence electrons. The van der Waals surface area contributed by atoms with Crippen molar-refractivity contribution in [1.82, 2.24) is 15.8 Å². The smallest absolute Gasteiger partial charge is 0.325 e. The number of alkyl halides is 1. The highest BCUT2D eigenvalue weighted by Crippen LogP contribution is 2.10. The van der Waals surface area contributed by atoms with Crippen molar-refractivity contribution < 1.29 is 24.2 Å². The molecule has 0 saturated carbocycles. The summed E-state index contributed by atoms with van der Waals surface area (Å²) in [5.74, 6) is -1.47. The molecule has 8 nitrogen and oxygen atoms in total. The van der Waals surface area contributed by atoms with Crippen molar-refractivity contribution in [2.24, 2.45) is 5.92 Å². The van der Waals surface area contributed by atoms with Gasteiger partial charge in [0.05, 0.1) is 5.88 Å². The molecule has 0 bridgehead atoms. The molecule has 3 atom stereocenters. The number of aliphatic hydroxyl groups is 1. The zero-order chi connectivity index (χ0) is 18.3. The van der Waals surface area contributed by atoms with E-state index < -0.39 is 30.1 Å². The molecule has 0 spiro atoms. The van der Waals surface area contributed by atoms with E-state index in [4.69, 9.17) is 16.3 Å². The number of halogens is 1. The minimum atomic E-state index is -1.17. The Morgan fingerprint density at radius 1 is 1.38 bits per heavy atom. The summed E-state index contributed by atoms with van der Waals surface area (Å²) in [5, 5.41) is 13.5. The molecule has 1 aliphatic heterocycles. The Morgan fingerprint density at radius 3 is 2.62 bits per heavy atom. The average Bonchev–Trinajstić information content (AvgIpc) is 2.57. The van der Waals surface area contributed by atoms with Crippen LogP contribution in [0.1, 0.15) is 33.6 Å². The molecule has 0 radical (unpaired) electrons. The van der Waals surface area contributed by atoms with Gasteiger partial charge in [-0.25, -0.2) is 5.43 Å². The summed E-state index contributed by atoms with van der Waals surface area (Å²) in [6, 6.07) is -1.44. The van der Waals surface area contributed by atoms with Gasteiger partial charge in [-0.3, -0.25) is 19.4 Å². The van der Waals surface area contributed by atoms with Gasteiger partial charge in [0.25, 0.3) is 5.91 Å². The molecule has 0 aromatic heterocycles. The van der Waals surface area contributed by atoms with Crippen molar-refractivity contribution in [2.45, 2.75) is 51.8 Å². The number of hydrogen-bond donors (Lipinski definition) is 3. The Morgan fingerprint density at radius 2 is 2.04 bits per heavy atom. The predicted octanol–water partition coefficient (Wildman–Crippen LogP) is -0.214. The molecule has 2 amide bonds. The molecule has 9 heteroatoms. The summed E-state index contributed by atoms with van der Waals surface area (Å²) in [6.45, 7) is 5.49. The summed E-state index contributed by atoms with van der Waals surface area (Å²) in [5.41, 5.74) is 2.82. The van der Waals surface area contributed by atoms with Crippen molar-refractivity contribution in [1.29, 1.82) is 0 Å². The molecule has 0 aromatic carbocycles. The van der Waals surface area contributed by atoms with Crippen LogP contribution in [0.4, 0.5) is 0 Å². The third-order valence-corrected chi connectivity index (χ3v) is 3.84. The minimum absolute atomic E-state index is 0.117. The maximum Gasteiger partial charge on any atom is 0.325 e. The van der Waals surface area contributed by atoms with E-state index in [0.717, 1.165) is 0 Å². The molecule has 1 heterocycles. The second-order valence-electron chi connectivity index (χ2n) is 6.09.